The van der Waals surface area contributed by atoms with Crippen molar-refractivity contribution in [2.45, 2.75) is 62.2 Å². The van der Waals surface area contributed by atoms with Crippen LogP contribution < -0.4 is 10.0 Å². The van der Waals surface area contributed by atoms with Gasteiger partial charge in [-0.05, 0) is 51.2 Å². The number of carbonyl (C=O) groups is 1. The van der Waals surface area contributed by atoms with Crippen molar-refractivity contribution in [2.75, 3.05) is 26.4 Å². The molecule has 0 saturated carbocycles. The molecule has 2 saturated heterocycles. The summed E-state index contributed by atoms with van der Waals surface area (Å²) in [4.78, 5) is 12.7. The van der Waals surface area contributed by atoms with Crippen molar-refractivity contribution in [3.63, 3.8) is 0 Å². The predicted octanol–water partition coefficient (Wildman–Crippen LogP) is 1.11. The van der Waals surface area contributed by atoms with Crippen molar-refractivity contribution in [2.24, 2.45) is 5.92 Å². The molecule has 2 aliphatic heterocycles. The third-order valence-corrected chi connectivity index (χ3v) is 7.28. The highest BCUT2D eigenvalue weighted by Crippen LogP contribution is 2.23. The van der Waals surface area contributed by atoms with E-state index in [1.165, 1.54) is 0 Å². The standard InChI is InChI=1S/C21H32N2O6S/c1-15-2-5-18(6-3-15)30(26,27)22-11-8-17-4-7-19(20(14-24)29-17)23-21(25)16-9-12-28-13-10-16/h2-3,5-6,16-17,19-20,22,24H,4,7-14H2,1H3,(H,23,25)/t17-,19-,20+/m0/s1. The SMILES string of the molecule is Cc1ccc(S(=O)(=O)NCC[C@@H]2CC[C@H](NC(=O)C3CCOCC3)[C@@H](CO)O2)cc1. The maximum absolute atomic E-state index is 12.5. The van der Waals surface area contributed by atoms with Crippen molar-refractivity contribution in [1.29, 1.82) is 0 Å². The Balaban J connectivity index is 1.45. The molecule has 0 spiro atoms. The van der Waals surface area contributed by atoms with E-state index >= 15 is 0 Å². The fourth-order valence-electron chi connectivity index (χ4n) is 3.92. The average molecular weight is 441 g/mol. The molecule has 0 bridgehead atoms. The van der Waals surface area contributed by atoms with Crippen molar-refractivity contribution in [3.8, 4) is 0 Å². The fraction of sp³-hybridized carbons (Fsp3) is 0.667. The molecule has 2 aliphatic rings. The Morgan fingerprint density at radius 2 is 1.83 bits per heavy atom. The van der Waals surface area contributed by atoms with Crippen LogP contribution in [0.1, 0.15) is 37.7 Å². The lowest BCUT2D eigenvalue weighted by Crippen LogP contribution is -2.52. The van der Waals surface area contributed by atoms with Crippen molar-refractivity contribution in [3.05, 3.63) is 29.8 Å². The average Bonchev–Trinajstić information content (AvgIpc) is 2.75. The second-order valence-electron chi connectivity index (χ2n) is 8.06. The quantitative estimate of drug-likeness (QED) is 0.558. The van der Waals surface area contributed by atoms with Gasteiger partial charge in [0.05, 0.1) is 23.6 Å². The maximum Gasteiger partial charge on any atom is 0.240 e. The molecule has 3 atom stereocenters. The number of aliphatic hydroxyl groups is 1. The zero-order valence-corrected chi connectivity index (χ0v) is 18.2. The zero-order chi connectivity index (χ0) is 21.6. The van der Waals surface area contributed by atoms with E-state index in [1.54, 1.807) is 24.3 Å². The first-order chi connectivity index (χ1) is 14.4. The predicted molar refractivity (Wildman–Crippen MR) is 111 cm³/mol. The minimum atomic E-state index is -3.56. The highest BCUT2D eigenvalue weighted by molar-refractivity contribution is 7.89. The lowest BCUT2D eigenvalue weighted by molar-refractivity contribution is -0.134. The van der Waals surface area contributed by atoms with Crippen molar-refractivity contribution < 1.29 is 27.8 Å². The van der Waals surface area contributed by atoms with Gasteiger partial charge in [-0.15, -0.1) is 0 Å². The van der Waals surface area contributed by atoms with Crippen LogP contribution in [0.2, 0.25) is 0 Å². The largest absolute Gasteiger partial charge is 0.394 e. The number of ether oxygens (including phenoxy) is 2. The van der Waals surface area contributed by atoms with Gasteiger partial charge in [0.2, 0.25) is 15.9 Å². The number of aliphatic hydroxyl groups excluding tert-OH is 1. The highest BCUT2D eigenvalue weighted by atomic mass is 32.2. The summed E-state index contributed by atoms with van der Waals surface area (Å²) in [6.45, 7) is 3.16. The van der Waals surface area contributed by atoms with Gasteiger partial charge in [-0.3, -0.25) is 4.79 Å². The Morgan fingerprint density at radius 1 is 1.13 bits per heavy atom. The first-order valence-electron chi connectivity index (χ1n) is 10.6. The summed E-state index contributed by atoms with van der Waals surface area (Å²) in [6, 6.07) is 6.47. The van der Waals surface area contributed by atoms with Crippen LogP contribution in [-0.4, -0.2) is 64.0 Å². The molecule has 0 aromatic heterocycles. The number of sulfonamides is 1. The number of rotatable bonds is 8. The number of carbonyl (C=O) groups excluding carboxylic acids is 1. The molecule has 2 heterocycles. The van der Waals surface area contributed by atoms with E-state index in [2.05, 4.69) is 10.0 Å². The van der Waals surface area contributed by atoms with Gasteiger partial charge in [-0.1, -0.05) is 17.7 Å². The third kappa shape index (κ3) is 6.24. The topological polar surface area (TPSA) is 114 Å². The summed E-state index contributed by atoms with van der Waals surface area (Å²) in [5.74, 6) is -0.0540. The molecule has 168 valence electrons. The monoisotopic (exact) mass is 440 g/mol. The van der Waals surface area contributed by atoms with Gasteiger partial charge in [0.25, 0.3) is 0 Å². The van der Waals surface area contributed by atoms with Gasteiger partial charge < -0.3 is 19.9 Å². The van der Waals surface area contributed by atoms with Gasteiger partial charge in [0.15, 0.2) is 0 Å². The second-order valence-corrected chi connectivity index (χ2v) is 9.82. The van der Waals surface area contributed by atoms with Gasteiger partial charge in [0, 0.05) is 25.7 Å². The molecule has 3 rings (SSSR count). The van der Waals surface area contributed by atoms with E-state index in [4.69, 9.17) is 9.47 Å². The number of hydrogen-bond acceptors (Lipinski definition) is 6. The minimum Gasteiger partial charge on any atom is -0.394 e. The highest BCUT2D eigenvalue weighted by Gasteiger charge is 2.33. The van der Waals surface area contributed by atoms with Gasteiger partial charge in [-0.25, -0.2) is 13.1 Å². The van der Waals surface area contributed by atoms with Gasteiger partial charge >= 0.3 is 0 Å². The Kier molecular flexibility index (Phi) is 8.24. The number of amides is 1. The third-order valence-electron chi connectivity index (χ3n) is 5.81. The minimum absolute atomic E-state index is 0.00495. The normalized spacial score (nSPS) is 25.7. The molecule has 0 aliphatic carbocycles. The van der Waals surface area contributed by atoms with Crippen LogP contribution in [-0.2, 0) is 24.3 Å². The number of benzene rings is 1. The molecular weight excluding hydrogens is 408 g/mol. The smallest absolute Gasteiger partial charge is 0.240 e. The van der Waals surface area contributed by atoms with E-state index in [-0.39, 0.29) is 42.0 Å². The molecule has 1 aromatic rings. The van der Waals surface area contributed by atoms with Gasteiger partial charge in [-0.2, -0.15) is 0 Å². The molecule has 9 heteroatoms. The maximum atomic E-state index is 12.5. The second kappa shape index (κ2) is 10.7. The summed E-state index contributed by atoms with van der Waals surface area (Å²) >= 11 is 0. The van der Waals surface area contributed by atoms with Crippen LogP contribution in [0.5, 0.6) is 0 Å². The summed E-state index contributed by atoms with van der Waals surface area (Å²) in [5.41, 5.74) is 0.998. The molecule has 0 unspecified atom stereocenters. The van der Waals surface area contributed by atoms with Crippen LogP contribution in [0.4, 0.5) is 0 Å². The van der Waals surface area contributed by atoms with Crippen LogP contribution in [0, 0.1) is 12.8 Å². The number of hydrogen-bond donors (Lipinski definition) is 3. The van der Waals surface area contributed by atoms with Gasteiger partial charge in [0.1, 0.15) is 6.10 Å². The summed E-state index contributed by atoms with van der Waals surface area (Å²) in [5, 5.41) is 12.7. The Bertz CT molecular complexity index is 792. The first kappa shape index (κ1) is 23.1. The number of aryl methyl sites for hydroxylation is 1. The van der Waals surface area contributed by atoms with Crippen molar-refractivity contribution >= 4 is 15.9 Å². The molecule has 2 fully saturated rings. The van der Waals surface area contributed by atoms with Crippen LogP contribution >= 0.6 is 0 Å². The molecule has 3 N–H and O–H groups in total. The molecular formula is C21H32N2O6S. The first-order valence-corrected chi connectivity index (χ1v) is 12.1. The molecule has 0 radical (unpaired) electrons. The van der Waals surface area contributed by atoms with Crippen LogP contribution in [0.15, 0.2) is 29.2 Å². The molecule has 8 nitrogen and oxygen atoms in total. The van der Waals surface area contributed by atoms with Crippen molar-refractivity contribution in [1.82, 2.24) is 10.0 Å². The van der Waals surface area contributed by atoms with Crippen LogP contribution in [0.3, 0.4) is 0 Å². The van der Waals surface area contributed by atoms with E-state index in [0.29, 0.717) is 45.3 Å². The fourth-order valence-corrected chi connectivity index (χ4v) is 4.97. The Labute approximate surface area is 178 Å². The van der Waals surface area contributed by atoms with E-state index in [1.807, 2.05) is 6.92 Å². The molecule has 1 amide bonds. The van der Waals surface area contributed by atoms with Crippen LogP contribution in [0.25, 0.3) is 0 Å². The molecule has 30 heavy (non-hydrogen) atoms. The van der Waals surface area contributed by atoms with E-state index in [9.17, 15) is 18.3 Å². The lowest BCUT2D eigenvalue weighted by Gasteiger charge is -2.37. The summed E-state index contributed by atoms with van der Waals surface area (Å²) in [6.07, 6.45) is 2.67. The Hall–Kier alpha value is -1.52. The number of nitrogens with one attached hydrogen (secondary N) is 2. The summed E-state index contributed by atoms with van der Waals surface area (Å²) in [7, 11) is -3.56. The lowest BCUT2D eigenvalue weighted by atomic mass is 9.94. The zero-order valence-electron chi connectivity index (χ0n) is 17.4. The molecule has 1 aromatic carbocycles. The Morgan fingerprint density at radius 3 is 2.50 bits per heavy atom. The van der Waals surface area contributed by atoms with E-state index < -0.39 is 16.1 Å². The van der Waals surface area contributed by atoms with E-state index in [0.717, 1.165) is 5.56 Å². The summed E-state index contributed by atoms with van der Waals surface area (Å²) < 4.78 is 38.6.